The first-order valence-electron chi connectivity index (χ1n) is 7.31. The Morgan fingerprint density at radius 3 is 2.11 bits per heavy atom. The Balaban J connectivity index is 2.93. The molecule has 1 N–H and O–H groups in total. The van der Waals surface area contributed by atoms with Gasteiger partial charge in [0.1, 0.15) is 6.10 Å². The van der Waals surface area contributed by atoms with E-state index in [1.807, 2.05) is 0 Å². The van der Waals surface area contributed by atoms with Gasteiger partial charge in [-0.05, 0) is 0 Å². The molecule has 1 aliphatic rings. The molecule has 8 heteroatoms. The highest BCUT2D eigenvalue weighted by atomic mass is 16.7. The van der Waals surface area contributed by atoms with Crippen molar-refractivity contribution >= 4 is 17.9 Å². The summed E-state index contributed by atoms with van der Waals surface area (Å²) < 4.78 is 40.4. The molecule has 0 amide bonds. The summed E-state index contributed by atoms with van der Waals surface area (Å²) in [5.41, 5.74) is 0. The maximum absolute atomic E-state index is 11.3. The third kappa shape index (κ3) is 4.18. The van der Waals surface area contributed by atoms with E-state index in [-0.39, 0.29) is 0 Å². The van der Waals surface area contributed by atoms with Gasteiger partial charge in [-0.1, -0.05) is 0 Å². The van der Waals surface area contributed by atoms with E-state index in [0.29, 0.717) is 0 Å². The van der Waals surface area contributed by atoms with Crippen molar-refractivity contribution in [2.45, 2.75) is 45.3 Å². The van der Waals surface area contributed by atoms with Gasteiger partial charge in [0.25, 0.3) is 0 Å². The van der Waals surface area contributed by atoms with E-state index in [2.05, 4.69) is 0 Å². The summed E-state index contributed by atoms with van der Waals surface area (Å²) in [6.07, 6.45) is -5.29. The van der Waals surface area contributed by atoms with Crippen LogP contribution in [0, 0.1) is 0 Å². The SMILES string of the molecule is [2H]CC(=O)OC1O[C@H](CO)[C@@H](OC(=O)C[2H])[C@H]1OC(=O)C[2H]. The van der Waals surface area contributed by atoms with Crippen molar-refractivity contribution in [1.82, 2.24) is 0 Å². The minimum atomic E-state index is -1.48. The van der Waals surface area contributed by atoms with Crippen molar-refractivity contribution in [2.75, 3.05) is 6.61 Å². The summed E-state index contributed by atoms with van der Waals surface area (Å²) in [7, 11) is 0. The van der Waals surface area contributed by atoms with Crippen LogP contribution in [0.5, 0.6) is 0 Å². The van der Waals surface area contributed by atoms with Gasteiger partial charge in [-0.15, -0.1) is 0 Å². The lowest BCUT2D eigenvalue weighted by molar-refractivity contribution is -0.196. The third-order valence-corrected chi connectivity index (χ3v) is 2.23. The summed E-state index contributed by atoms with van der Waals surface area (Å²) in [4.78, 5) is 33.7. The van der Waals surface area contributed by atoms with Crippen LogP contribution < -0.4 is 0 Å². The molecule has 0 aromatic rings. The number of ether oxygens (including phenoxy) is 4. The molecule has 0 saturated carbocycles. The van der Waals surface area contributed by atoms with Crippen LogP contribution in [0.1, 0.15) is 24.8 Å². The molecule has 1 aliphatic heterocycles. The smallest absolute Gasteiger partial charge is 0.305 e. The minimum absolute atomic E-state index is 0.625. The maximum atomic E-state index is 11.3. The highest BCUT2D eigenvalue weighted by Crippen LogP contribution is 2.27. The number of aliphatic hydroxyl groups excluding tert-OH is 1. The first kappa shape index (κ1) is 11.2. The lowest BCUT2D eigenvalue weighted by atomic mass is 10.1. The van der Waals surface area contributed by atoms with Crippen molar-refractivity contribution in [2.24, 2.45) is 0 Å². The average Bonchev–Trinajstić information content (AvgIpc) is 2.83. The second-order valence-corrected chi connectivity index (χ2v) is 3.62. The van der Waals surface area contributed by atoms with Crippen molar-refractivity contribution < 1.29 is 42.5 Å². The van der Waals surface area contributed by atoms with Crippen molar-refractivity contribution in [3.8, 4) is 0 Å². The first-order chi connectivity index (χ1) is 10.5. The molecule has 1 saturated heterocycles. The van der Waals surface area contributed by atoms with Crippen LogP contribution in [0.3, 0.4) is 0 Å². The van der Waals surface area contributed by atoms with Crippen LogP contribution in [-0.4, -0.2) is 54.2 Å². The molecule has 4 atom stereocenters. The average molecular weight is 279 g/mol. The highest BCUT2D eigenvalue weighted by molar-refractivity contribution is 5.68. The Morgan fingerprint density at radius 1 is 1.05 bits per heavy atom. The highest BCUT2D eigenvalue weighted by Gasteiger charge is 2.50. The zero-order valence-electron chi connectivity index (χ0n) is 12.9. The summed E-state index contributed by atoms with van der Waals surface area (Å²) in [6, 6.07) is 0. The molecule has 0 aromatic heterocycles. The van der Waals surface area contributed by atoms with Gasteiger partial charge in [0.2, 0.25) is 12.4 Å². The fraction of sp³-hybridized carbons (Fsp3) is 0.727. The van der Waals surface area contributed by atoms with Crippen LogP contribution in [0.25, 0.3) is 0 Å². The summed E-state index contributed by atoms with van der Waals surface area (Å²) in [6.45, 7) is -2.76. The molecule has 0 aliphatic carbocycles. The fourth-order valence-electron chi connectivity index (χ4n) is 1.63. The molecule has 1 heterocycles. The molecule has 0 spiro atoms. The van der Waals surface area contributed by atoms with E-state index in [4.69, 9.17) is 23.1 Å². The monoisotopic (exact) mass is 279 g/mol. The molecular weight excluding hydrogens is 260 g/mol. The molecular formula is C11H16O8. The van der Waals surface area contributed by atoms with E-state index < -0.39 is 69.8 Å². The van der Waals surface area contributed by atoms with E-state index >= 15 is 0 Å². The number of carbonyl (C=O) groups is 3. The molecule has 8 nitrogen and oxygen atoms in total. The van der Waals surface area contributed by atoms with Crippen LogP contribution in [0.4, 0.5) is 0 Å². The Hall–Kier alpha value is -1.67. The number of hydrogen-bond donors (Lipinski definition) is 1. The second-order valence-electron chi connectivity index (χ2n) is 3.62. The van der Waals surface area contributed by atoms with Gasteiger partial charge in [0.05, 0.1) is 6.61 Å². The van der Waals surface area contributed by atoms with E-state index in [1.165, 1.54) is 0 Å². The first-order valence-corrected chi connectivity index (χ1v) is 5.19. The molecule has 0 aromatic carbocycles. The number of rotatable bonds is 4. The number of esters is 3. The Morgan fingerprint density at radius 2 is 1.58 bits per heavy atom. The van der Waals surface area contributed by atoms with E-state index in [1.54, 1.807) is 0 Å². The van der Waals surface area contributed by atoms with Crippen LogP contribution in [0.2, 0.25) is 0 Å². The van der Waals surface area contributed by atoms with Gasteiger partial charge in [-0.2, -0.15) is 0 Å². The molecule has 0 radical (unpaired) electrons. The normalized spacial score (nSPS) is 31.7. The molecule has 0 bridgehead atoms. The predicted molar refractivity (Wildman–Crippen MR) is 58.6 cm³/mol. The van der Waals surface area contributed by atoms with Gasteiger partial charge >= 0.3 is 17.9 Å². The van der Waals surface area contributed by atoms with Gasteiger partial charge in [-0.25, -0.2) is 0 Å². The van der Waals surface area contributed by atoms with Crippen molar-refractivity contribution in [3.05, 3.63) is 0 Å². The Kier molecular flexibility index (Phi) is 3.82. The number of carbonyl (C=O) groups excluding carboxylic acids is 3. The number of hydrogen-bond acceptors (Lipinski definition) is 8. The summed E-state index contributed by atoms with van der Waals surface area (Å²) in [5.74, 6) is -2.90. The van der Waals surface area contributed by atoms with Gasteiger partial charge in [0, 0.05) is 24.8 Å². The molecule has 1 unspecified atom stereocenters. The number of aliphatic hydroxyl groups is 1. The lowest BCUT2D eigenvalue weighted by Crippen LogP contribution is -2.41. The third-order valence-electron chi connectivity index (χ3n) is 2.23. The standard InChI is InChI=1S/C11H16O8/c1-5(13)16-9-8(4-12)19-11(18-7(3)15)10(9)17-6(2)14/h8-12H,4H2,1-3H3/t8-,9-,10-,11?/m1/s1/i1D,2D,3D. The summed E-state index contributed by atoms with van der Waals surface area (Å²) in [5, 5.41) is 9.22. The van der Waals surface area contributed by atoms with Crippen molar-refractivity contribution in [1.29, 1.82) is 0 Å². The largest absolute Gasteiger partial charge is 0.455 e. The van der Waals surface area contributed by atoms with Gasteiger partial charge < -0.3 is 24.1 Å². The Bertz CT molecular complexity index is 418. The predicted octanol–water partition coefficient (Wildman–Crippen LogP) is -0.870. The maximum Gasteiger partial charge on any atom is 0.305 e. The summed E-state index contributed by atoms with van der Waals surface area (Å²) >= 11 is 0. The molecule has 19 heavy (non-hydrogen) atoms. The minimum Gasteiger partial charge on any atom is -0.455 e. The van der Waals surface area contributed by atoms with Gasteiger partial charge in [0.15, 0.2) is 6.10 Å². The zero-order chi connectivity index (χ0) is 16.7. The van der Waals surface area contributed by atoms with E-state index in [0.717, 1.165) is 0 Å². The Labute approximate surface area is 113 Å². The van der Waals surface area contributed by atoms with Crippen LogP contribution in [-0.2, 0) is 33.3 Å². The topological polar surface area (TPSA) is 108 Å². The van der Waals surface area contributed by atoms with E-state index in [9.17, 15) is 19.5 Å². The molecule has 1 rings (SSSR count). The molecule has 108 valence electrons. The fourth-order valence-corrected chi connectivity index (χ4v) is 1.63. The van der Waals surface area contributed by atoms with Crippen LogP contribution in [0.15, 0.2) is 0 Å². The van der Waals surface area contributed by atoms with Crippen LogP contribution >= 0.6 is 0 Å². The zero-order valence-corrected chi connectivity index (χ0v) is 9.94. The van der Waals surface area contributed by atoms with Crippen molar-refractivity contribution in [3.63, 3.8) is 0 Å². The lowest BCUT2D eigenvalue weighted by Gasteiger charge is -2.22. The van der Waals surface area contributed by atoms with Gasteiger partial charge in [-0.3, -0.25) is 14.4 Å². The molecule has 1 fully saturated rings. The quantitative estimate of drug-likeness (QED) is 0.522. The second kappa shape index (κ2) is 6.48.